The molecule has 2 amide bonds. The molecule has 4 bridgehead atoms. The summed E-state index contributed by atoms with van der Waals surface area (Å²) in [6, 6.07) is 6.11. The van der Waals surface area contributed by atoms with Gasteiger partial charge in [-0.3, -0.25) is 9.59 Å². The van der Waals surface area contributed by atoms with Crippen LogP contribution in [0.1, 0.15) is 38.5 Å². The first-order valence-corrected chi connectivity index (χ1v) is 8.44. The first-order valence-electron chi connectivity index (χ1n) is 8.44. The van der Waals surface area contributed by atoms with E-state index < -0.39 is 11.8 Å². The summed E-state index contributed by atoms with van der Waals surface area (Å²) in [5.74, 6) is 1.12. The first kappa shape index (κ1) is 14.5. The van der Waals surface area contributed by atoms with Crippen molar-refractivity contribution in [3.05, 3.63) is 24.3 Å². The minimum Gasteiger partial charge on any atom is -0.508 e. The number of carbonyl (C=O) groups is 2. The predicted molar refractivity (Wildman–Crippen MR) is 85.8 cm³/mol. The van der Waals surface area contributed by atoms with Crippen LogP contribution < -0.4 is 10.6 Å². The van der Waals surface area contributed by atoms with Crippen LogP contribution in [-0.4, -0.2) is 22.5 Å². The molecule has 23 heavy (non-hydrogen) atoms. The highest BCUT2D eigenvalue weighted by Crippen LogP contribution is 2.55. The van der Waals surface area contributed by atoms with Crippen LogP contribution in [0.5, 0.6) is 5.75 Å². The van der Waals surface area contributed by atoms with Gasteiger partial charge in [0.15, 0.2) is 0 Å². The lowest BCUT2D eigenvalue weighted by atomic mass is 9.53. The van der Waals surface area contributed by atoms with Crippen molar-refractivity contribution in [2.45, 2.75) is 44.1 Å². The summed E-state index contributed by atoms with van der Waals surface area (Å²) in [5.41, 5.74) is 0.353. The number of hydrogen-bond donors (Lipinski definition) is 3. The Morgan fingerprint density at radius 2 is 1.43 bits per heavy atom. The summed E-state index contributed by atoms with van der Waals surface area (Å²) in [4.78, 5) is 24.5. The van der Waals surface area contributed by atoms with Gasteiger partial charge in [0, 0.05) is 11.2 Å². The van der Waals surface area contributed by atoms with Crippen molar-refractivity contribution in [2.75, 3.05) is 5.32 Å². The molecule has 0 unspecified atom stereocenters. The van der Waals surface area contributed by atoms with Gasteiger partial charge >= 0.3 is 11.8 Å². The monoisotopic (exact) mass is 314 g/mol. The fourth-order valence-corrected chi connectivity index (χ4v) is 5.29. The summed E-state index contributed by atoms with van der Waals surface area (Å²) >= 11 is 0. The molecular weight excluding hydrogens is 292 g/mol. The number of benzene rings is 1. The van der Waals surface area contributed by atoms with Gasteiger partial charge in [0.2, 0.25) is 0 Å². The number of aromatic hydroxyl groups is 1. The van der Waals surface area contributed by atoms with E-state index in [1.807, 2.05) is 0 Å². The highest BCUT2D eigenvalue weighted by atomic mass is 16.3. The van der Waals surface area contributed by atoms with E-state index in [2.05, 4.69) is 10.6 Å². The zero-order valence-corrected chi connectivity index (χ0v) is 13.0. The maximum absolute atomic E-state index is 12.3. The molecule has 1 aromatic rings. The van der Waals surface area contributed by atoms with E-state index in [1.54, 1.807) is 12.1 Å². The molecule has 5 nitrogen and oxygen atoms in total. The Balaban J connectivity index is 1.41. The normalized spacial score (nSPS) is 34.2. The van der Waals surface area contributed by atoms with Gasteiger partial charge in [-0.1, -0.05) is 0 Å². The average Bonchev–Trinajstić information content (AvgIpc) is 2.47. The van der Waals surface area contributed by atoms with Crippen LogP contribution in [-0.2, 0) is 9.59 Å². The number of carbonyl (C=O) groups excluding carboxylic acids is 2. The molecule has 1 aromatic carbocycles. The predicted octanol–water partition coefficient (Wildman–Crippen LogP) is 2.42. The molecule has 4 aliphatic rings. The minimum absolute atomic E-state index is 0.126. The van der Waals surface area contributed by atoms with Crippen molar-refractivity contribution in [2.24, 2.45) is 17.8 Å². The molecular formula is C18H22N2O3. The second-order valence-electron chi connectivity index (χ2n) is 7.65. The maximum atomic E-state index is 12.3. The van der Waals surface area contributed by atoms with E-state index in [-0.39, 0.29) is 11.3 Å². The summed E-state index contributed by atoms with van der Waals surface area (Å²) in [5, 5.41) is 14.9. The Bertz CT molecular complexity index is 603. The van der Waals surface area contributed by atoms with Crippen LogP contribution >= 0.6 is 0 Å². The van der Waals surface area contributed by atoms with Crippen LogP contribution in [0.4, 0.5) is 5.69 Å². The number of anilines is 1. The molecule has 4 fully saturated rings. The number of phenolic OH excluding ortho intramolecular Hbond substituents is 1. The molecule has 3 N–H and O–H groups in total. The zero-order chi connectivity index (χ0) is 16.0. The SMILES string of the molecule is O=C(Nc1ccc(O)cc1)C(=O)NC12CC3CC(CC(C3)C1)C2. The van der Waals surface area contributed by atoms with Gasteiger partial charge in [0.05, 0.1) is 0 Å². The van der Waals surface area contributed by atoms with Gasteiger partial charge in [0.25, 0.3) is 0 Å². The van der Waals surface area contributed by atoms with Crippen LogP contribution in [0.3, 0.4) is 0 Å². The number of rotatable bonds is 2. The van der Waals surface area contributed by atoms with Gasteiger partial charge < -0.3 is 15.7 Å². The third-order valence-corrected chi connectivity index (χ3v) is 5.75. The molecule has 0 aromatic heterocycles. The second kappa shape index (κ2) is 5.25. The van der Waals surface area contributed by atoms with Crippen molar-refractivity contribution in [3.8, 4) is 5.75 Å². The topological polar surface area (TPSA) is 78.4 Å². The zero-order valence-electron chi connectivity index (χ0n) is 13.0. The van der Waals surface area contributed by atoms with E-state index in [4.69, 9.17) is 0 Å². The molecule has 0 aliphatic heterocycles. The highest BCUT2D eigenvalue weighted by Gasteiger charge is 2.51. The third-order valence-electron chi connectivity index (χ3n) is 5.75. The Morgan fingerprint density at radius 1 is 0.913 bits per heavy atom. The van der Waals surface area contributed by atoms with Crippen molar-refractivity contribution in [3.63, 3.8) is 0 Å². The molecule has 0 radical (unpaired) electrons. The van der Waals surface area contributed by atoms with Crippen LogP contribution in [0, 0.1) is 17.8 Å². The Labute approximate surface area is 135 Å². The Kier molecular flexibility index (Phi) is 3.32. The first-order chi connectivity index (χ1) is 11.0. The van der Waals surface area contributed by atoms with Gasteiger partial charge in [-0.25, -0.2) is 0 Å². The van der Waals surface area contributed by atoms with Gasteiger partial charge in [-0.05, 0) is 80.5 Å². The van der Waals surface area contributed by atoms with Crippen molar-refractivity contribution in [1.82, 2.24) is 5.32 Å². The van der Waals surface area contributed by atoms with E-state index in [0.29, 0.717) is 5.69 Å². The lowest BCUT2D eigenvalue weighted by Crippen LogP contribution is -2.61. The fraction of sp³-hybridized carbons (Fsp3) is 0.556. The molecule has 0 atom stereocenters. The molecule has 4 saturated carbocycles. The summed E-state index contributed by atoms with van der Waals surface area (Å²) in [7, 11) is 0. The van der Waals surface area contributed by atoms with E-state index in [1.165, 1.54) is 31.4 Å². The van der Waals surface area contributed by atoms with E-state index in [9.17, 15) is 14.7 Å². The number of phenols is 1. The Morgan fingerprint density at radius 3 is 1.96 bits per heavy atom. The highest BCUT2D eigenvalue weighted by molar-refractivity contribution is 6.39. The largest absolute Gasteiger partial charge is 0.508 e. The molecule has 0 heterocycles. The summed E-state index contributed by atoms with van der Waals surface area (Å²) < 4.78 is 0. The molecule has 0 spiro atoms. The van der Waals surface area contributed by atoms with Crippen LogP contribution in [0.15, 0.2) is 24.3 Å². The number of nitrogens with one attached hydrogen (secondary N) is 2. The van der Waals surface area contributed by atoms with Crippen molar-refractivity contribution >= 4 is 17.5 Å². The summed E-state index contributed by atoms with van der Waals surface area (Å²) in [6.07, 6.45) is 6.98. The lowest BCUT2D eigenvalue weighted by molar-refractivity contribution is -0.139. The lowest BCUT2D eigenvalue weighted by Gasteiger charge is -2.56. The number of hydrogen-bond acceptors (Lipinski definition) is 3. The molecule has 5 rings (SSSR count). The van der Waals surface area contributed by atoms with Crippen LogP contribution in [0.25, 0.3) is 0 Å². The average molecular weight is 314 g/mol. The van der Waals surface area contributed by atoms with E-state index >= 15 is 0 Å². The van der Waals surface area contributed by atoms with Crippen molar-refractivity contribution in [1.29, 1.82) is 0 Å². The van der Waals surface area contributed by atoms with Gasteiger partial charge in [-0.2, -0.15) is 0 Å². The maximum Gasteiger partial charge on any atom is 0.313 e. The minimum atomic E-state index is -0.633. The quantitative estimate of drug-likeness (QED) is 0.579. The van der Waals surface area contributed by atoms with Crippen LogP contribution in [0.2, 0.25) is 0 Å². The standard InChI is InChI=1S/C18H22N2O3/c21-15-3-1-14(2-4-15)19-16(22)17(23)20-18-8-11-5-12(9-18)7-13(6-11)10-18/h1-4,11-13,21H,5-10H2,(H,19,22)(H,20,23). The smallest absolute Gasteiger partial charge is 0.313 e. The molecule has 4 aliphatic carbocycles. The van der Waals surface area contributed by atoms with Gasteiger partial charge in [-0.15, -0.1) is 0 Å². The molecule has 122 valence electrons. The third kappa shape index (κ3) is 2.80. The number of amides is 2. The second-order valence-corrected chi connectivity index (χ2v) is 7.65. The molecule has 0 saturated heterocycles. The Hall–Kier alpha value is -2.04. The molecule has 5 heteroatoms. The van der Waals surface area contributed by atoms with E-state index in [0.717, 1.165) is 37.0 Å². The van der Waals surface area contributed by atoms with Crippen molar-refractivity contribution < 1.29 is 14.7 Å². The van der Waals surface area contributed by atoms with Gasteiger partial charge in [0.1, 0.15) is 5.75 Å². The fourth-order valence-electron chi connectivity index (χ4n) is 5.29. The summed E-state index contributed by atoms with van der Waals surface area (Å²) in [6.45, 7) is 0.